The summed E-state index contributed by atoms with van der Waals surface area (Å²) in [6.07, 6.45) is 2.95. The predicted molar refractivity (Wildman–Crippen MR) is 75.5 cm³/mol. The van der Waals surface area contributed by atoms with E-state index in [0.29, 0.717) is 4.47 Å². The first kappa shape index (κ1) is 13.9. The van der Waals surface area contributed by atoms with Gasteiger partial charge >= 0.3 is 0 Å². The number of amides is 2. The number of halogens is 1. The molecule has 2 rings (SSSR count). The highest BCUT2D eigenvalue weighted by molar-refractivity contribution is 9.10. The molecule has 8 heteroatoms. The molecule has 4 N–H and O–H groups in total. The number of nitrogens with one attached hydrogen (secondary N) is 2. The van der Waals surface area contributed by atoms with Crippen LogP contribution in [0.1, 0.15) is 20.8 Å². The molecule has 2 heterocycles. The minimum atomic E-state index is -0.569. The second kappa shape index (κ2) is 6.11. The predicted octanol–water partition coefficient (Wildman–Crippen LogP) is 0.896. The summed E-state index contributed by atoms with van der Waals surface area (Å²) in [5.41, 5.74) is 10.4. The summed E-state index contributed by atoms with van der Waals surface area (Å²) in [6.45, 7) is 0. The molecule has 0 aromatic carbocycles. The molecule has 7 nitrogen and oxygen atoms in total. The van der Waals surface area contributed by atoms with E-state index >= 15 is 0 Å². The lowest BCUT2D eigenvalue weighted by Gasteiger charge is -2.08. The van der Waals surface area contributed by atoms with Crippen LogP contribution in [0.3, 0.4) is 0 Å². The molecule has 0 unspecified atom stereocenters. The van der Waals surface area contributed by atoms with E-state index in [1.165, 1.54) is 24.5 Å². The first-order valence-electron chi connectivity index (χ1n) is 5.50. The largest absolute Gasteiger partial charge is 0.383 e. The first-order chi connectivity index (χ1) is 9.58. The smallest absolute Gasteiger partial charge is 0.288 e. The molecule has 0 fully saturated rings. The first-order valence-corrected chi connectivity index (χ1v) is 6.30. The summed E-state index contributed by atoms with van der Waals surface area (Å²) in [5, 5.41) is 0. The molecule has 2 amide bonds. The van der Waals surface area contributed by atoms with Gasteiger partial charge in [0.05, 0.1) is 5.56 Å². The normalized spacial score (nSPS) is 9.85. The molecule has 0 aliphatic carbocycles. The van der Waals surface area contributed by atoms with E-state index in [4.69, 9.17) is 5.73 Å². The SMILES string of the molecule is Nc1ncc(Br)cc1C(=O)NNC(=O)c1ccccn1. The average molecular weight is 336 g/mol. The Morgan fingerprint density at radius 1 is 1.15 bits per heavy atom. The number of nitrogens with zero attached hydrogens (tertiary/aromatic N) is 2. The number of rotatable bonds is 2. The second-order valence-electron chi connectivity index (χ2n) is 3.71. The summed E-state index contributed by atoms with van der Waals surface area (Å²) in [5.74, 6) is -1.03. The minimum Gasteiger partial charge on any atom is -0.383 e. The highest BCUT2D eigenvalue weighted by Gasteiger charge is 2.13. The van der Waals surface area contributed by atoms with E-state index in [0.717, 1.165) is 0 Å². The highest BCUT2D eigenvalue weighted by Crippen LogP contribution is 2.14. The second-order valence-corrected chi connectivity index (χ2v) is 4.63. The lowest BCUT2D eigenvalue weighted by atomic mass is 10.2. The van der Waals surface area contributed by atoms with Gasteiger partial charge in [-0.25, -0.2) is 4.98 Å². The van der Waals surface area contributed by atoms with Gasteiger partial charge in [-0.05, 0) is 34.1 Å². The molecule has 0 aliphatic heterocycles. The Morgan fingerprint density at radius 2 is 1.90 bits per heavy atom. The van der Waals surface area contributed by atoms with Gasteiger partial charge in [-0.1, -0.05) is 6.07 Å². The maximum Gasteiger partial charge on any atom is 0.288 e. The molecule has 2 aromatic heterocycles. The van der Waals surface area contributed by atoms with Crippen LogP contribution >= 0.6 is 15.9 Å². The number of hydrogen-bond donors (Lipinski definition) is 3. The molecule has 0 atom stereocenters. The molecule has 0 bridgehead atoms. The molecule has 20 heavy (non-hydrogen) atoms. The zero-order valence-corrected chi connectivity index (χ0v) is 11.7. The zero-order valence-electron chi connectivity index (χ0n) is 10.1. The van der Waals surface area contributed by atoms with Crippen LogP contribution in [0.15, 0.2) is 41.1 Å². The van der Waals surface area contributed by atoms with Crippen molar-refractivity contribution in [2.45, 2.75) is 0 Å². The standard InChI is InChI=1S/C12H10BrN5O2/c13-7-5-8(10(14)16-6-7)11(19)17-18-12(20)9-3-1-2-4-15-9/h1-6H,(H2,14,16)(H,17,19)(H,18,20). The van der Waals surface area contributed by atoms with Crippen molar-refractivity contribution in [3.05, 3.63) is 52.4 Å². The van der Waals surface area contributed by atoms with Crippen LogP contribution < -0.4 is 16.6 Å². The Hall–Kier alpha value is -2.48. The fourth-order valence-electron chi connectivity index (χ4n) is 1.37. The van der Waals surface area contributed by atoms with Gasteiger partial charge in [0.2, 0.25) is 0 Å². The van der Waals surface area contributed by atoms with Crippen LogP contribution in [-0.4, -0.2) is 21.8 Å². The minimum absolute atomic E-state index is 0.0674. The fraction of sp³-hybridized carbons (Fsp3) is 0. The molecule has 102 valence electrons. The van der Waals surface area contributed by atoms with Gasteiger partial charge in [0.1, 0.15) is 11.5 Å². The maximum atomic E-state index is 11.9. The van der Waals surface area contributed by atoms with Crippen molar-refractivity contribution in [1.82, 2.24) is 20.8 Å². The molecule has 0 spiro atoms. The molecule has 0 radical (unpaired) electrons. The van der Waals surface area contributed by atoms with Crippen molar-refractivity contribution in [3.8, 4) is 0 Å². The average Bonchev–Trinajstić information content (AvgIpc) is 2.47. The number of hydrogen-bond acceptors (Lipinski definition) is 5. The van der Waals surface area contributed by atoms with E-state index in [-0.39, 0.29) is 17.1 Å². The summed E-state index contributed by atoms with van der Waals surface area (Å²) in [4.78, 5) is 31.2. The van der Waals surface area contributed by atoms with Gasteiger partial charge in [0.25, 0.3) is 11.8 Å². The number of hydrazine groups is 1. The number of pyridine rings is 2. The topological polar surface area (TPSA) is 110 Å². The van der Waals surface area contributed by atoms with E-state index in [2.05, 4.69) is 36.7 Å². The van der Waals surface area contributed by atoms with E-state index in [9.17, 15) is 9.59 Å². The van der Waals surface area contributed by atoms with Crippen LogP contribution in [-0.2, 0) is 0 Å². The molecule has 0 aliphatic rings. The summed E-state index contributed by atoms with van der Waals surface area (Å²) >= 11 is 3.19. The van der Waals surface area contributed by atoms with Crippen LogP contribution in [0, 0.1) is 0 Å². The van der Waals surface area contributed by atoms with Gasteiger partial charge < -0.3 is 5.73 Å². The van der Waals surface area contributed by atoms with Crippen molar-refractivity contribution in [1.29, 1.82) is 0 Å². The maximum absolute atomic E-state index is 11.9. The van der Waals surface area contributed by atoms with Gasteiger partial charge in [-0.2, -0.15) is 0 Å². The van der Waals surface area contributed by atoms with Gasteiger partial charge in [-0.3, -0.25) is 25.4 Å². The Bertz CT molecular complexity index is 648. The number of nitrogen functional groups attached to an aromatic ring is 1. The molecule has 0 saturated carbocycles. The monoisotopic (exact) mass is 335 g/mol. The Balaban J connectivity index is 2.02. The molecule has 0 saturated heterocycles. The van der Waals surface area contributed by atoms with Crippen LogP contribution in [0.25, 0.3) is 0 Å². The van der Waals surface area contributed by atoms with E-state index in [1.54, 1.807) is 12.1 Å². The van der Waals surface area contributed by atoms with E-state index < -0.39 is 11.8 Å². The van der Waals surface area contributed by atoms with Gasteiger partial charge in [-0.15, -0.1) is 0 Å². The third-order valence-electron chi connectivity index (χ3n) is 2.32. The molecule has 2 aromatic rings. The van der Waals surface area contributed by atoms with Crippen LogP contribution in [0.2, 0.25) is 0 Å². The highest BCUT2D eigenvalue weighted by atomic mass is 79.9. The summed E-state index contributed by atoms with van der Waals surface area (Å²) in [6, 6.07) is 6.38. The Morgan fingerprint density at radius 3 is 2.60 bits per heavy atom. The lowest BCUT2D eigenvalue weighted by molar-refractivity contribution is 0.0844. The summed E-state index contributed by atoms with van der Waals surface area (Å²) < 4.78 is 0.605. The Labute approximate surface area is 122 Å². The fourth-order valence-corrected chi connectivity index (χ4v) is 1.70. The van der Waals surface area contributed by atoms with Crippen molar-refractivity contribution >= 4 is 33.6 Å². The number of anilines is 1. The van der Waals surface area contributed by atoms with Crippen molar-refractivity contribution in [2.24, 2.45) is 0 Å². The van der Waals surface area contributed by atoms with Gasteiger partial charge in [0.15, 0.2) is 0 Å². The molecular formula is C12H10BrN5O2. The zero-order chi connectivity index (χ0) is 14.5. The van der Waals surface area contributed by atoms with Crippen molar-refractivity contribution in [3.63, 3.8) is 0 Å². The Kier molecular flexibility index (Phi) is 4.26. The molecular weight excluding hydrogens is 326 g/mol. The third kappa shape index (κ3) is 3.29. The number of carbonyl (C=O) groups excluding carboxylic acids is 2. The van der Waals surface area contributed by atoms with E-state index in [1.807, 2.05) is 0 Å². The van der Waals surface area contributed by atoms with Gasteiger partial charge in [0, 0.05) is 16.9 Å². The number of carbonyl (C=O) groups is 2. The number of aromatic nitrogens is 2. The quantitative estimate of drug-likeness (QED) is 0.706. The van der Waals surface area contributed by atoms with Crippen molar-refractivity contribution in [2.75, 3.05) is 5.73 Å². The van der Waals surface area contributed by atoms with Crippen LogP contribution in [0.4, 0.5) is 5.82 Å². The lowest BCUT2D eigenvalue weighted by Crippen LogP contribution is -2.42. The number of nitrogens with two attached hydrogens (primary N) is 1. The third-order valence-corrected chi connectivity index (χ3v) is 2.75. The summed E-state index contributed by atoms with van der Waals surface area (Å²) in [7, 11) is 0. The van der Waals surface area contributed by atoms with Crippen LogP contribution in [0.5, 0.6) is 0 Å². The van der Waals surface area contributed by atoms with Crippen molar-refractivity contribution < 1.29 is 9.59 Å².